The van der Waals surface area contributed by atoms with Crippen molar-refractivity contribution in [2.75, 3.05) is 13.7 Å². The Kier molecular flexibility index (Phi) is 5.22. The maximum Gasteiger partial charge on any atom is 0.270 e. The first kappa shape index (κ1) is 16.2. The van der Waals surface area contributed by atoms with Crippen LogP contribution >= 0.6 is 11.3 Å². The van der Waals surface area contributed by atoms with Gasteiger partial charge in [0.2, 0.25) is 0 Å². The molecule has 2 aromatic heterocycles. The molecule has 0 aliphatic rings. The van der Waals surface area contributed by atoms with Crippen molar-refractivity contribution in [2.45, 2.75) is 13.0 Å². The summed E-state index contributed by atoms with van der Waals surface area (Å²) >= 11 is 1.46. The van der Waals surface area contributed by atoms with Crippen molar-refractivity contribution in [3.8, 4) is 16.3 Å². The number of benzene rings is 1. The van der Waals surface area contributed by atoms with Gasteiger partial charge in [-0.1, -0.05) is 0 Å². The predicted molar refractivity (Wildman–Crippen MR) is 93.3 cm³/mol. The van der Waals surface area contributed by atoms with Crippen molar-refractivity contribution in [3.05, 3.63) is 54.1 Å². The fourth-order valence-electron chi connectivity index (χ4n) is 2.22. The van der Waals surface area contributed by atoms with E-state index < -0.39 is 0 Å². The summed E-state index contributed by atoms with van der Waals surface area (Å²) in [5, 5.41) is 5.50. The number of carbonyl (C=O) groups is 1. The number of hydrogen-bond donors (Lipinski definition) is 1. The number of nitrogens with one attached hydrogen (secondary N) is 1. The first-order valence-electron chi connectivity index (χ1n) is 7.60. The number of aryl methyl sites for hydroxylation is 1. The van der Waals surface area contributed by atoms with Crippen LogP contribution in [-0.2, 0) is 6.54 Å². The van der Waals surface area contributed by atoms with Crippen LogP contribution in [0.5, 0.6) is 5.75 Å². The van der Waals surface area contributed by atoms with Crippen molar-refractivity contribution in [2.24, 2.45) is 0 Å². The highest BCUT2D eigenvalue weighted by Gasteiger charge is 2.11. The average molecular weight is 342 g/mol. The second-order valence-electron chi connectivity index (χ2n) is 5.18. The summed E-state index contributed by atoms with van der Waals surface area (Å²) in [6, 6.07) is 7.63. The van der Waals surface area contributed by atoms with Crippen LogP contribution in [0.15, 0.2) is 48.4 Å². The van der Waals surface area contributed by atoms with E-state index in [-0.39, 0.29) is 5.91 Å². The van der Waals surface area contributed by atoms with E-state index in [0.717, 1.165) is 29.3 Å². The molecule has 1 aromatic carbocycles. The Bertz CT molecular complexity index is 781. The highest BCUT2D eigenvalue weighted by molar-refractivity contribution is 7.13. The first-order valence-corrected chi connectivity index (χ1v) is 8.48. The predicted octanol–water partition coefficient (Wildman–Crippen LogP) is 2.84. The molecule has 7 heteroatoms. The Morgan fingerprint density at radius 3 is 2.88 bits per heavy atom. The average Bonchev–Trinajstić information content (AvgIpc) is 3.30. The van der Waals surface area contributed by atoms with Gasteiger partial charge in [0.15, 0.2) is 0 Å². The van der Waals surface area contributed by atoms with Crippen LogP contribution in [0.4, 0.5) is 0 Å². The Hall–Kier alpha value is -2.67. The number of aromatic nitrogens is 3. The van der Waals surface area contributed by atoms with Gasteiger partial charge in [-0.2, -0.15) is 0 Å². The molecular weight excluding hydrogens is 324 g/mol. The first-order chi connectivity index (χ1) is 11.8. The van der Waals surface area contributed by atoms with Gasteiger partial charge in [-0.05, 0) is 30.7 Å². The molecule has 0 radical (unpaired) electrons. The van der Waals surface area contributed by atoms with Gasteiger partial charge in [-0.3, -0.25) is 4.79 Å². The van der Waals surface area contributed by atoms with Crippen LogP contribution in [0.3, 0.4) is 0 Å². The molecule has 124 valence electrons. The number of rotatable bonds is 7. The Morgan fingerprint density at radius 2 is 2.17 bits per heavy atom. The highest BCUT2D eigenvalue weighted by Crippen LogP contribution is 2.25. The molecule has 24 heavy (non-hydrogen) atoms. The number of carbonyl (C=O) groups excluding carboxylic acids is 1. The lowest BCUT2D eigenvalue weighted by molar-refractivity contribution is 0.0948. The molecule has 0 aliphatic heterocycles. The summed E-state index contributed by atoms with van der Waals surface area (Å²) in [6.07, 6.45) is 6.26. The third kappa shape index (κ3) is 3.99. The normalized spacial score (nSPS) is 10.5. The van der Waals surface area contributed by atoms with Gasteiger partial charge < -0.3 is 14.6 Å². The van der Waals surface area contributed by atoms with Crippen LogP contribution in [-0.4, -0.2) is 34.1 Å². The minimum absolute atomic E-state index is 0.142. The number of nitrogens with zero attached hydrogens (tertiary/aromatic N) is 3. The van der Waals surface area contributed by atoms with Crippen LogP contribution in [0.2, 0.25) is 0 Å². The standard InChI is InChI=1S/C17H18N4O2S/c1-23-14-5-3-13(4-6-14)17-20-15(11-24-17)16(22)19-7-2-9-21-10-8-18-12-21/h3-6,8,10-12H,2,7,9H2,1H3,(H,19,22). The Labute approximate surface area is 144 Å². The minimum Gasteiger partial charge on any atom is -0.497 e. The summed E-state index contributed by atoms with van der Waals surface area (Å²) in [4.78, 5) is 20.5. The van der Waals surface area contributed by atoms with Gasteiger partial charge in [-0.15, -0.1) is 11.3 Å². The maximum atomic E-state index is 12.1. The smallest absolute Gasteiger partial charge is 0.270 e. The molecule has 6 nitrogen and oxygen atoms in total. The van der Waals surface area contributed by atoms with Crippen molar-refractivity contribution >= 4 is 17.2 Å². The maximum absolute atomic E-state index is 12.1. The lowest BCUT2D eigenvalue weighted by atomic mass is 10.2. The molecule has 0 fully saturated rings. The molecule has 0 bridgehead atoms. The molecule has 3 aromatic rings. The molecule has 0 aliphatic carbocycles. The number of ether oxygens (including phenoxy) is 1. The number of amides is 1. The topological polar surface area (TPSA) is 69.0 Å². The van der Waals surface area contributed by atoms with Crippen molar-refractivity contribution in [1.29, 1.82) is 0 Å². The van der Waals surface area contributed by atoms with Crippen molar-refractivity contribution in [1.82, 2.24) is 19.9 Å². The Morgan fingerprint density at radius 1 is 1.33 bits per heavy atom. The minimum atomic E-state index is -0.142. The lowest BCUT2D eigenvalue weighted by Gasteiger charge is -2.04. The third-order valence-corrected chi connectivity index (χ3v) is 4.40. The van der Waals surface area contributed by atoms with E-state index in [2.05, 4.69) is 15.3 Å². The van der Waals surface area contributed by atoms with E-state index in [0.29, 0.717) is 12.2 Å². The van der Waals surface area contributed by atoms with E-state index in [9.17, 15) is 4.79 Å². The van der Waals surface area contributed by atoms with Crippen LogP contribution in [0.1, 0.15) is 16.9 Å². The van der Waals surface area contributed by atoms with Crippen LogP contribution in [0.25, 0.3) is 10.6 Å². The SMILES string of the molecule is COc1ccc(-c2nc(C(=O)NCCCn3ccnc3)cs2)cc1. The number of imidazole rings is 1. The summed E-state index contributed by atoms with van der Waals surface area (Å²) < 4.78 is 7.13. The zero-order chi connectivity index (χ0) is 16.8. The van der Waals surface area contributed by atoms with Crippen LogP contribution in [0, 0.1) is 0 Å². The fraction of sp³-hybridized carbons (Fsp3) is 0.235. The molecule has 0 unspecified atom stereocenters. The van der Waals surface area contributed by atoms with Crippen molar-refractivity contribution < 1.29 is 9.53 Å². The third-order valence-electron chi connectivity index (χ3n) is 3.51. The fourth-order valence-corrected chi connectivity index (χ4v) is 3.02. The molecule has 1 amide bonds. The van der Waals surface area contributed by atoms with Gasteiger partial charge in [-0.25, -0.2) is 9.97 Å². The molecular formula is C17H18N4O2S. The zero-order valence-electron chi connectivity index (χ0n) is 13.3. The molecule has 2 heterocycles. The van der Waals surface area contributed by atoms with Gasteiger partial charge in [0.1, 0.15) is 16.5 Å². The summed E-state index contributed by atoms with van der Waals surface area (Å²) in [7, 11) is 1.63. The largest absolute Gasteiger partial charge is 0.497 e. The second kappa shape index (κ2) is 7.74. The number of thiazole rings is 1. The number of hydrogen-bond acceptors (Lipinski definition) is 5. The summed E-state index contributed by atoms with van der Waals surface area (Å²) in [5.74, 6) is 0.655. The van der Waals surface area contributed by atoms with Gasteiger partial charge in [0, 0.05) is 36.4 Å². The van der Waals surface area contributed by atoms with Crippen molar-refractivity contribution in [3.63, 3.8) is 0 Å². The molecule has 0 saturated carbocycles. The molecule has 0 saturated heterocycles. The van der Waals surface area contributed by atoms with E-state index in [1.807, 2.05) is 35.0 Å². The van der Waals surface area contributed by atoms with Gasteiger partial charge in [0.25, 0.3) is 5.91 Å². The van der Waals surface area contributed by atoms with Gasteiger partial charge >= 0.3 is 0 Å². The number of methoxy groups -OCH3 is 1. The summed E-state index contributed by atoms with van der Waals surface area (Å²) in [6.45, 7) is 1.43. The molecule has 0 atom stereocenters. The van der Waals surface area contributed by atoms with Gasteiger partial charge in [0.05, 0.1) is 13.4 Å². The quantitative estimate of drug-likeness (QED) is 0.670. The molecule has 0 spiro atoms. The lowest BCUT2D eigenvalue weighted by Crippen LogP contribution is -2.25. The highest BCUT2D eigenvalue weighted by atomic mass is 32.1. The Balaban J connectivity index is 1.53. The van der Waals surface area contributed by atoms with Crippen LogP contribution < -0.4 is 10.1 Å². The van der Waals surface area contributed by atoms with E-state index >= 15 is 0 Å². The van der Waals surface area contributed by atoms with E-state index in [1.54, 1.807) is 25.0 Å². The van der Waals surface area contributed by atoms with E-state index in [4.69, 9.17) is 4.74 Å². The zero-order valence-corrected chi connectivity index (χ0v) is 14.1. The monoisotopic (exact) mass is 342 g/mol. The van der Waals surface area contributed by atoms with E-state index in [1.165, 1.54) is 11.3 Å². The molecule has 1 N–H and O–H groups in total. The second-order valence-corrected chi connectivity index (χ2v) is 6.03. The molecule has 3 rings (SSSR count). The summed E-state index contributed by atoms with van der Waals surface area (Å²) in [5.41, 5.74) is 1.42.